The van der Waals surface area contributed by atoms with E-state index in [1.807, 2.05) is 13.8 Å². The number of hydrazone groups is 1. The summed E-state index contributed by atoms with van der Waals surface area (Å²) in [6.45, 7) is 3.84. The number of hydrogen-bond acceptors (Lipinski definition) is 4. The van der Waals surface area contributed by atoms with Crippen LogP contribution in [0.15, 0.2) is 33.8 Å². The number of aromatic nitrogens is 2. The quantitative estimate of drug-likeness (QED) is 0.654. The predicted octanol–water partition coefficient (Wildman–Crippen LogP) is 2.12. The summed E-state index contributed by atoms with van der Waals surface area (Å²) in [6, 6.07) is 6.59. The minimum absolute atomic E-state index is 0.0929. The van der Waals surface area contributed by atoms with E-state index in [1.54, 1.807) is 28.9 Å². The number of carbonyl (C=O) groups is 1. The van der Waals surface area contributed by atoms with E-state index in [1.165, 1.54) is 6.21 Å². The van der Waals surface area contributed by atoms with Crippen LogP contribution in [0.5, 0.6) is 5.75 Å². The van der Waals surface area contributed by atoms with Crippen molar-refractivity contribution in [2.24, 2.45) is 5.10 Å². The summed E-state index contributed by atoms with van der Waals surface area (Å²) in [6.07, 6.45) is 1.47. The largest absolute Gasteiger partial charge is 0.508 e. The lowest BCUT2D eigenvalue weighted by Crippen LogP contribution is -2.24. The van der Waals surface area contributed by atoms with Crippen LogP contribution >= 0.6 is 15.9 Å². The summed E-state index contributed by atoms with van der Waals surface area (Å²) in [5, 5.41) is 17.4. The molecule has 2 N–H and O–H groups in total. The molecule has 0 aliphatic rings. The topological polar surface area (TPSA) is 79.5 Å². The van der Waals surface area contributed by atoms with Gasteiger partial charge in [0, 0.05) is 0 Å². The summed E-state index contributed by atoms with van der Waals surface area (Å²) in [5.41, 5.74) is 4.85. The Balaban J connectivity index is 1.94. The van der Waals surface area contributed by atoms with Gasteiger partial charge in [-0.3, -0.25) is 9.48 Å². The zero-order valence-electron chi connectivity index (χ0n) is 11.7. The number of nitrogens with zero attached hydrogens (tertiary/aromatic N) is 3. The number of amides is 1. The highest BCUT2D eigenvalue weighted by atomic mass is 79.9. The van der Waals surface area contributed by atoms with Crippen LogP contribution in [0, 0.1) is 13.8 Å². The van der Waals surface area contributed by atoms with Gasteiger partial charge < -0.3 is 5.11 Å². The van der Waals surface area contributed by atoms with E-state index in [9.17, 15) is 9.90 Å². The van der Waals surface area contributed by atoms with Crippen molar-refractivity contribution in [1.82, 2.24) is 15.2 Å². The second kappa shape index (κ2) is 6.53. The van der Waals surface area contributed by atoms with E-state index in [2.05, 4.69) is 31.6 Å². The second-order valence-electron chi connectivity index (χ2n) is 4.53. The molecule has 0 aliphatic heterocycles. The Morgan fingerprint density at radius 2 is 2.29 bits per heavy atom. The monoisotopic (exact) mass is 350 g/mol. The second-order valence-corrected chi connectivity index (χ2v) is 5.32. The van der Waals surface area contributed by atoms with Crippen LogP contribution in [0.25, 0.3) is 0 Å². The van der Waals surface area contributed by atoms with E-state index in [0.717, 1.165) is 15.9 Å². The van der Waals surface area contributed by atoms with Gasteiger partial charge in [-0.2, -0.15) is 10.2 Å². The molecule has 1 heterocycles. The smallest absolute Gasteiger partial charge is 0.261 e. The maximum atomic E-state index is 11.8. The average Bonchev–Trinajstić information content (AvgIpc) is 2.66. The Hall–Kier alpha value is -2.15. The molecule has 6 nitrogen and oxygen atoms in total. The Morgan fingerprint density at radius 3 is 2.90 bits per heavy atom. The first-order chi connectivity index (χ1) is 9.97. The molecule has 7 heteroatoms. The third kappa shape index (κ3) is 3.91. The van der Waals surface area contributed by atoms with Crippen LogP contribution in [-0.2, 0) is 11.3 Å². The highest BCUT2D eigenvalue weighted by Gasteiger charge is 2.11. The highest BCUT2D eigenvalue weighted by molar-refractivity contribution is 9.10. The molecule has 0 saturated heterocycles. The zero-order valence-corrected chi connectivity index (χ0v) is 13.3. The molecule has 1 aromatic heterocycles. The van der Waals surface area contributed by atoms with Crippen LogP contribution in [0.2, 0.25) is 0 Å². The van der Waals surface area contributed by atoms with Crippen LogP contribution in [0.1, 0.15) is 17.0 Å². The molecule has 0 saturated carbocycles. The fraction of sp³-hybridized carbons (Fsp3) is 0.214. The average molecular weight is 351 g/mol. The van der Waals surface area contributed by atoms with Crippen LogP contribution in [0.3, 0.4) is 0 Å². The van der Waals surface area contributed by atoms with E-state index >= 15 is 0 Å². The predicted molar refractivity (Wildman–Crippen MR) is 83.2 cm³/mol. The van der Waals surface area contributed by atoms with Gasteiger partial charge in [-0.05, 0) is 47.5 Å². The first-order valence-corrected chi connectivity index (χ1v) is 7.07. The molecule has 21 heavy (non-hydrogen) atoms. The molecule has 2 rings (SSSR count). The van der Waals surface area contributed by atoms with Crippen LogP contribution < -0.4 is 5.43 Å². The first-order valence-electron chi connectivity index (χ1n) is 6.28. The maximum absolute atomic E-state index is 11.8. The van der Waals surface area contributed by atoms with Gasteiger partial charge in [0.15, 0.2) is 0 Å². The lowest BCUT2D eigenvalue weighted by Gasteiger charge is -2.03. The Labute approximate surface area is 130 Å². The molecular formula is C14H15BrN4O2. The molecule has 0 aliphatic carbocycles. The van der Waals surface area contributed by atoms with Crippen molar-refractivity contribution in [3.63, 3.8) is 0 Å². The Bertz CT molecular complexity index is 694. The molecule has 1 aromatic carbocycles. The van der Waals surface area contributed by atoms with Crippen molar-refractivity contribution in [2.75, 3.05) is 0 Å². The van der Waals surface area contributed by atoms with E-state index in [-0.39, 0.29) is 18.2 Å². The molecule has 0 atom stereocenters. The van der Waals surface area contributed by atoms with Gasteiger partial charge in [0.2, 0.25) is 0 Å². The van der Waals surface area contributed by atoms with Gasteiger partial charge in [0.1, 0.15) is 12.3 Å². The maximum Gasteiger partial charge on any atom is 0.261 e. The normalized spacial score (nSPS) is 11.0. The number of halogens is 1. The number of nitrogens with one attached hydrogen (secondary N) is 1. The van der Waals surface area contributed by atoms with Crippen LogP contribution in [0.4, 0.5) is 0 Å². The minimum Gasteiger partial charge on any atom is -0.508 e. The number of phenolic OH excluding ortho intramolecular Hbond substituents is 1. The van der Waals surface area contributed by atoms with Crippen molar-refractivity contribution in [2.45, 2.75) is 20.4 Å². The molecule has 0 spiro atoms. The first kappa shape index (κ1) is 15.2. The summed E-state index contributed by atoms with van der Waals surface area (Å²) >= 11 is 3.41. The molecule has 0 fully saturated rings. The fourth-order valence-corrected chi connectivity index (χ4v) is 2.07. The van der Waals surface area contributed by atoms with Crippen molar-refractivity contribution >= 4 is 28.1 Å². The summed E-state index contributed by atoms with van der Waals surface area (Å²) in [4.78, 5) is 11.8. The molecular weight excluding hydrogens is 336 g/mol. The fourth-order valence-electron chi connectivity index (χ4n) is 1.78. The lowest BCUT2D eigenvalue weighted by molar-refractivity contribution is -0.121. The third-order valence-corrected chi connectivity index (χ3v) is 4.01. The lowest BCUT2D eigenvalue weighted by atomic mass is 10.2. The van der Waals surface area contributed by atoms with Gasteiger partial charge in [-0.15, -0.1) is 0 Å². The Kier molecular flexibility index (Phi) is 4.74. The number of phenols is 1. The van der Waals surface area contributed by atoms with E-state index in [0.29, 0.717) is 5.56 Å². The number of carbonyl (C=O) groups excluding carboxylic acids is 1. The van der Waals surface area contributed by atoms with Crippen molar-refractivity contribution in [1.29, 1.82) is 0 Å². The van der Waals surface area contributed by atoms with Crippen molar-refractivity contribution in [3.8, 4) is 5.75 Å². The van der Waals surface area contributed by atoms with Crippen molar-refractivity contribution < 1.29 is 9.90 Å². The van der Waals surface area contributed by atoms with Gasteiger partial charge in [0.05, 0.1) is 22.1 Å². The number of rotatable bonds is 4. The van der Waals surface area contributed by atoms with Gasteiger partial charge >= 0.3 is 0 Å². The number of aryl methyl sites for hydroxylation is 1. The molecule has 0 bridgehead atoms. The molecule has 2 aromatic rings. The van der Waals surface area contributed by atoms with Gasteiger partial charge in [-0.25, -0.2) is 5.43 Å². The molecule has 0 unspecified atom stereocenters. The number of hydrogen-bond donors (Lipinski definition) is 2. The van der Waals surface area contributed by atoms with Gasteiger partial charge in [0.25, 0.3) is 5.91 Å². The summed E-state index contributed by atoms with van der Waals surface area (Å²) in [7, 11) is 0. The molecule has 1 amide bonds. The van der Waals surface area contributed by atoms with E-state index in [4.69, 9.17) is 0 Å². The molecule has 110 valence electrons. The van der Waals surface area contributed by atoms with Crippen LogP contribution in [-0.4, -0.2) is 27.0 Å². The highest BCUT2D eigenvalue weighted by Crippen LogP contribution is 2.19. The van der Waals surface area contributed by atoms with Gasteiger partial charge in [-0.1, -0.05) is 12.1 Å². The number of benzene rings is 1. The Morgan fingerprint density at radius 1 is 1.52 bits per heavy atom. The SMILES string of the molecule is Cc1nn(CC(=O)N/N=C/c2cccc(O)c2)c(C)c1Br. The van der Waals surface area contributed by atoms with Crippen molar-refractivity contribution in [3.05, 3.63) is 45.7 Å². The van der Waals surface area contributed by atoms with E-state index < -0.39 is 0 Å². The third-order valence-electron chi connectivity index (χ3n) is 2.86. The zero-order chi connectivity index (χ0) is 15.4. The minimum atomic E-state index is -0.274. The summed E-state index contributed by atoms with van der Waals surface area (Å²) in [5.74, 6) is -0.123. The summed E-state index contributed by atoms with van der Waals surface area (Å²) < 4.78 is 2.51. The number of aromatic hydroxyl groups is 1. The molecule has 0 radical (unpaired) electrons. The standard InChI is InChI=1S/C14H15BrN4O2/c1-9-14(15)10(2)19(18-9)8-13(21)17-16-7-11-4-3-5-12(20)6-11/h3-7,20H,8H2,1-2H3,(H,17,21)/b16-7+.